The highest BCUT2D eigenvalue weighted by atomic mass is 19.3. The number of rotatable bonds is 5. The summed E-state index contributed by atoms with van der Waals surface area (Å²) in [5.41, 5.74) is 5.75. The molecule has 2 unspecified atom stereocenters. The highest BCUT2D eigenvalue weighted by Gasteiger charge is 2.20. The van der Waals surface area contributed by atoms with Crippen LogP contribution >= 0.6 is 0 Å². The summed E-state index contributed by atoms with van der Waals surface area (Å²) in [6.07, 6.45) is -0.903. The average Bonchev–Trinajstić information content (AvgIpc) is 2.27. The van der Waals surface area contributed by atoms with Crippen LogP contribution in [0.5, 0.6) is 5.75 Å². The fourth-order valence-electron chi connectivity index (χ4n) is 1.36. The summed E-state index contributed by atoms with van der Waals surface area (Å²) >= 11 is 0. The maximum absolute atomic E-state index is 12.1. The lowest BCUT2D eigenvalue weighted by molar-refractivity contribution is -0.0520. The molecular formula is C11H15F2NO2. The molecule has 0 bridgehead atoms. The van der Waals surface area contributed by atoms with E-state index in [2.05, 4.69) is 4.74 Å². The molecular weight excluding hydrogens is 216 g/mol. The molecule has 0 heterocycles. The van der Waals surface area contributed by atoms with E-state index in [0.717, 1.165) is 0 Å². The Labute approximate surface area is 92.8 Å². The summed E-state index contributed by atoms with van der Waals surface area (Å²) in [5, 5.41) is 9.88. The number of halogens is 2. The second-order valence-electron chi connectivity index (χ2n) is 3.57. The van der Waals surface area contributed by atoms with Crippen molar-refractivity contribution in [1.82, 2.24) is 0 Å². The molecule has 0 saturated carbocycles. The molecule has 0 radical (unpaired) electrons. The van der Waals surface area contributed by atoms with Crippen LogP contribution in [0.4, 0.5) is 8.78 Å². The highest BCUT2D eigenvalue weighted by molar-refractivity contribution is 5.35. The summed E-state index contributed by atoms with van der Waals surface area (Å²) in [5.74, 6) is -0.229. The molecule has 3 nitrogen and oxygen atoms in total. The van der Waals surface area contributed by atoms with Crippen molar-refractivity contribution in [1.29, 1.82) is 0 Å². The van der Waals surface area contributed by atoms with Crippen LogP contribution in [-0.2, 0) is 0 Å². The zero-order valence-corrected chi connectivity index (χ0v) is 8.94. The fourth-order valence-corrected chi connectivity index (χ4v) is 1.36. The molecule has 0 aliphatic heterocycles. The molecule has 3 N–H and O–H groups in total. The number of alkyl halides is 2. The van der Waals surface area contributed by atoms with Gasteiger partial charge in [-0.2, -0.15) is 8.78 Å². The summed E-state index contributed by atoms with van der Waals surface area (Å²) in [4.78, 5) is 0. The maximum Gasteiger partial charge on any atom is 0.387 e. The zero-order valence-electron chi connectivity index (χ0n) is 8.94. The van der Waals surface area contributed by atoms with E-state index in [1.54, 1.807) is 25.1 Å². The Hall–Kier alpha value is -1.20. The monoisotopic (exact) mass is 231 g/mol. The molecule has 0 amide bonds. The van der Waals surface area contributed by atoms with Crippen molar-refractivity contribution in [3.8, 4) is 5.75 Å². The van der Waals surface area contributed by atoms with E-state index in [0.29, 0.717) is 5.56 Å². The lowest BCUT2D eigenvalue weighted by Gasteiger charge is -2.20. The summed E-state index contributed by atoms with van der Waals surface area (Å²) in [6.45, 7) is -0.893. The van der Waals surface area contributed by atoms with Gasteiger partial charge in [0.15, 0.2) is 0 Å². The summed E-state index contributed by atoms with van der Waals surface area (Å²) in [7, 11) is 0. The van der Waals surface area contributed by atoms with E-state index in [1.807, 2.05) is 0 Å². The molecule has 2 atom stereocenters. The molecule has 16 heavy (non-hydrogen) atoms. The van der Waals surface area contributed by atoms with Crippen molar-refractivity contribution in [3.05, 3.63) is 29.8 Å². The predicted octanol–water partition coefficient (Wildman–Crippen LogP) is 1.92. The van der Waals surface area contributed by atoms with Gasteiger partial charge in [0.05, 0.1) is 6.10 Å². The van der Waals surface area contributed by atoms with Crippen LogP contribution < -0.4 is 10.5 Å². The normalized spacial score (nSPS) is 14.9. The third-order valence-corrected chi connectivity index (χ3v) is 2.36. The van der Waals surface area contributed by atoms with E-state index in [9.17, 15) is 13.9 Å². The standard InChI is InChI=1S/C11H15F2NO2/c1-7(6-14)10(15)8-4-2-3-5-9(8)16-11(12)13/h2-5,7,10-11,15H,6,14H2,1H3. The Morgan fingerprint density at radius 2 is 2.00 bits per heavy atom. The van der Waals surface area contributed by atoms with Gasteiger partial charge in [-0.25, -0.2) is 0 Å². The van der Waals surface area contributed by atoms with E-state index >= 15 is 0 Å². The third-order valence-electron chi connectivity index (χ3n) is 2.36. The molecule has 0 fully saturated rings. The first-order valence-corrected chi connectivity index (χ1v) is 4.98. The molecule has 5 heteroatoms. The number of hydrogen-bond donors (Lipinski definition) is 2. The van der Waals surface area contributed by atoms with Crippen molar-refractivity contribution in [2.24, 2.45) is 11.7 Å². The number of benzene rings is 1. The topological polar surface area (TPSA) is 55.5 Å². The van der Waals surface area contributed by atoms with Crippen LogP contribution in [0.2, 0.25) is 0 Å². The van der Waals surface area contributed by atoms with Gasteiger partial charge < -0.3 is 15.6 Å². The molecule has 90 valence electrons. The number of aliphatic hydroxyl groups is 1. The van der Waals surface area contributed by atoms with E-state index in [1.165, 1.54) is 6.07 Å². The van der Waals surface area contributed by atoms with Gasteiger partial charge in [-0.05, 0) is 18.5 Å². The van der Waals surface area contributed by atoms with Crippen molar-refractivity contribution >= 4 is 0 Å². The Morgan fingerprint density at radius 3 is 2.56 bits per heavy atom. The summed E-state index contributed by atoms with van der Waals surface area (Å²) in [6, 6.07) is 6.17. The SMILES string of the molecule is CC(CN)C(O)c1ccccc1OC(F)F. The number of hydrogen-bond acceptors (Lipinski definition) is 3. The molecule has 1 rings (SSSR count). The average molecular weight is 231 g/mol. The minimum Gasteiger partial charge on any atom is -0.434 e. The van der Waals surface area contributed by atoms with Gasteiger partial charge in [-0.3, -0.25) is 0 Å². The van der Waals surface area contributed by atoms with Gasteiger partial charge >= 0.3 is 6.61 Å². The highest BCUT2D eigenvalue weighted by Crippen LogP contribution is 2.30. The van der Waals surface area contributed by atoms with Gasteiger partial charge in [0.1, 0.15) is 5.75 Å². The molecule has 0 saturated heterocycles. The van der Waals surface area contributed by atoms with Crippen LogP contribution in [0.1, 0.15) is 18.6 Å². The predicted molar refractivity (Wildman–Crippen MR) is 56.3 cm³/mol. The number of aliphatic hydroxyl groups excluding tert-OH is 1. The van der Waals surface area contributed by atoms with Crippen LogP contribution in [0, 0.1) is 5.92 Å². The Balaban J connectivity index is 2.93. The Bertz CT molecular complexity index is 334. The second kappa shape index (κ2) is 5.77. The molecule has 0 aliphatic carbocycles. The quantitative estimate of drug-likeness (QED) is 0.814. The van der Waals surface area contributed by atoms with Crippen molar-refractivity contribution < 1.29 is 18.6 Å². The van der Waals surface area contributed by atoms with Crippen LogP contribution in [-0.4, -0.2) is 18.3 Å². The largest absolute Gasteiger partial charge is 0.434 e. The van der Waals surface area contributed by atoms with Crippen LogP contribution in [0.15, 0.2) is 24.3 Å². The van der Waals surface area contributed by atoms with E-state index in [4.69, 9.17) is 5.73 Å². The fraction of sp³-hybridized carbons (Fsp3) is 0.455. The maximum atomic E-state index is 12.1. The van der Waals surface area contributed by atoms with Crippen molar-refractivity contribution in [3.63, 3.8) is 0 Å². The van der Waals surface area contributed by atoms with Gasteiger partial charge in [-0.1, -0.05) is 25.1 Å². The van der Waals surface area contributed by atoms with Gasteiger partial charge in [0.25, 0.3) is 0 Å². The van der Waals surface area contributed by atoms with E-state index in [-0.39, 0.29) is 18.2 Å². The van der Waals surface area contributed by atoms with Crippen molar-refractivity contribution in [2.45, 2.75) is 19.6 Å². The molecule has 1 aromatic rings. The lowest BCUT2D eigenvalue weighted by Crippen LogP contribution is -2.19. The minimum atomic E-state index is -2.90. The first kappa shape index (κ1) is 12.9. The first-order chi connectivity index (χ1) is 7.56. The van der Waals surface area contributed by atoms with Gasteiger partial charge in [0, 0.05) is 5.56 Å². The lowest BCUT2D eigenvalue weighted by atomic mass is 9.97. The van der Waals surface area contributed by atoms with Gasteiger partial charge in [-0.15, -0.1) is 0 Å². The summed E-state index contributed by atoms with van der Waals surface area (Å²) < 4.78 is 28.6. The molecule has 0 spiro atoms. The molecule has 1 aromatic carbocycles. The smallest absolute Gasteiger partial charge is 0.387 e. The third kappa shape index (κ3) is 3.15. The Morgan fingerprint density at radius 1 is 1.38 bits per heavy atom. The Kier molecular flexibility index (Phi) is 4.64. The first-order valence-electron chi connectivity index (χ1n) is 4.98. The van der Waals surface area contributed by atoms with E-state index < -0.39 is 12.7 Å². The van der Waals surface area contributed by atoms with Gasteiger partial charge in [0.2, 0.25) is 0 Å². The zero-order chi connectivity index (χ0) is 12.1. The number of ether oxygens (including phenoxy) is 1. The molecule has 0 aliphatic rings. The number of nitrogens with two attached hydrogens (primary N) is 1. The molecule has 0 aromatic heterocycles. The van der Waals surface area contributed by atoms with Crippen molar-refractivity contribution in [2.75, 3.05) is 6.54 Å². The number of para-hydroxylation sites is 1. The van der Waals surface area contributed by atoms with Crippen LogP contribution in [0.25, 0.3) is 0 Å². The van der Waals surface area contributed by atoms with Crippen LogP contribution in [0.3, 0.4) is 0 Å². The second-order valence-corrected chi connectivity index (χ2v) is 3.57. The minimum absolute atomic E-state index is 0.00898.